The number of rotatable bonds is 6. The number of carbonyl (C=O) groups excluding carboxylic acids is 1. The lowest BCUT2D eigenvalue weighted by molar-refractivity contribution is -0.118. The third-order valence-corrected chi connectivity index (χ3v) is 6.24. The standard InChI is InChI=1S/C25H30N2O5.H2/c1-24(2,3)22-11-15-10-17(5-6-19(15)27(22)13-18(29)14-28)26-23(32)25(8-9-25)16-4-7-20(30)21(31)12-16;/h4-7,10-12,18,28-31H,8-9,13-14H2,1-3H3,(H,26,32);1H/t18-;/m1./s1. The van der Waals surface area contributed by atoms with Gasteiger partial charge in [-0.2, -0.15) is 0 Å². The highest BCUT2D eigenvalue weighted by Crippen LogP contribution is 2.50. The number of aromatic nitrogens is 1. The van der Waals surface area contributed by atoms with Gasteiger partial charge in [-0.05, 0) is 54.8 Å². The van der Waals surface area contributed by atoms with Crippen molar-refractivity contribution in [1.82, 2.24) is 4.57 Å². The molecule has 1 aliphatic carbocycles. The molecule has 0 saturated heterocycles. The highest BCUT2D eigenvalue weighted by Gasteiger charge is 2.51. The Morgan fingerprint density at radius 2 is 1.84 bits per heavy atom. The van der Waals surface area contributed by atoms with Gasteiger partial charge in [0.15, 0.2) is 11.5 Å². The van der Waals surface area contributed by atoms with E-state index in [9.17, 15) is 25.2 Å². The molecule has 4 rings (SSSR count). The van der Waals surface area contributed by atoms with Crippen molar-refractivity contribution in [3.05, 3.63) is 53.7 Å². The largest absolute Gasteiger partial charge is 0.504 e. The van der Waals surface area contributed by atoms with Crippen LogP contribution < -0.4 is 5.32 Å². The number of aliphatic hydroxyl groups is 2. The summed E-state index contributed by atoms with van der Waals surface area (Å²) in [4.78, 5) is 13.1. The van der Waals surface area contributed by atoms with Crippen molar-refractivity contribution >= 4 is 22.5 Å². The van der Waals surface area contributed by atoms with Gasteiger partial charge >= 0.3 is 0 Å². The Morgan fingerprint density at radius 1 is 1.12 bits per heavy atom. The number of nitrogens with zero attached hydrogens (tertiary/aromatic N) is 1. The van der Waals surface area contributed by atoms with Crippen LogP contribution in [0.4, 0.5) is 5.69 Å². The van der Waals surface area contributed by atoms with Crippen LogP contribution in [0.1, 0.15) is 46.3 Å². The first-order chi connectivity index (χ1) is 15.0. The monoisotopic (exact) mass is 440 g/mol. The van der Waals surface area contributed by atoms with E-state index in [1.807, 2.05) is 22.8 Å². The molecule has 3 aromatic rings. The Hall–Kier alpha value is -3.03. The Labute approximate surface area is 188 Å². The van der Waals surface area contributed by atoms with E-state index in [0.717, 1.165) is 16.6 Å². The summed E-state index contributed by atoms with van der Waals surface area (Å²) in [5.41, 5.74) is 2.43. The van der Waals surface area contributed by atoms with Crippen LogP contribution in [0.3, 0.4) is 0 Å². The quantitative estimate of drug-likeness (QED) is 0.376. The predicted octanol–water partition coefficient (Wildman–Crippen LogP) is 3.62. The third kappa shape index (κ3) is 3.94. The summed E-state index contributed by atoms with van der Waals surface area (Å²) in [5, 5.41) is 42.7. The maximum atomic E-state index is 13.1. The van der Waals surface area contributed by atoms with Crippen molar-refractivity contribution < 1.29 is 26.6 Å². The minimum Gasteiger partial charge on any atom is -0.504 e. The second-order valence-electron chi connectivity index (χ2n) is 9.74. The van der Waals surface area contributed by atoms with E-state index < -0.39 is 11.5 Å². The molecule has 32 heavy (non-hydrogen) atoms. The number of aliphatic hydroxyl groups excluding tert-OH is 2. The van der Waals surface area contributed by atoms with Gasteiger partial charge in [-0.15, -0.1) is 0 Å². The van der Waals surface area contributed by atoms with Gasteiger partial charge < -0.3 is 30.3 Å². The first kappa shape index (κ1) is 22.2. The number of hydrogen-bond donors (Lipinski definition) is 5. The molecule has 0 unspecified atom stereocenters. The molecule has 1 heterocycles. The van der Waals surface area contributed by atoms with Gasteiger partial charge in [-0.3, -0.25) is 4.79 Å². The van der Waals surface area contributed by atoms with Gasteiger partial charge in [0.1, 0.15) is 0 Å². The summed E-state index contributed by atoms with van der Waals surface area (Å²) in [6, 6.07) is 12.2. The molecule has 7 heteroatoms. The summed E-state index contributed by atoms with van der Waals surface area (Å²) in [7, 11) is 0. The van der Waals surface area contributed by atoms with Crippen LogP contribution in [-0.4, -0.2) is 43.6 Å². The number of phenols is 2. The average Bonchev–Trinajstić information content (AvgIpc) is 3.47. The number of anilines is 1. The van der Waals surface area contributed by atoms with Crippen LogP contribution in [0.2, 0.25) is 0 Å². The molecule has 172 valence electrons. The van der Waals surface area contributed by atoms with Crippen molar-refractivity contribution in [2.75, 3.05) is 11.9 Å². The Bertz CT molecular complexity index is 1180. The number of amides is 1. The molecule has 1 amide bonds. The second-order valence-corrected chi connectivity index (χ2v) is 9.74. The van der Waals surface area contributed by atoms with Gasteiger partial charge in [0.05, 0.1) is 24.7 Å². The Morgan fingerprint density at radius 3 is 2.44 bits per heavy atom. The zero-order chi connectivity index (χ0) is 23.3. The van der Waals surface area contributed by atoms with E-state index in [0.29, 0.717) is 24.1 Å². The average molecular weight is 441 g/mol. The molecule has 1 aliphatic rings. The number of nitrogens with one attached hydrogen (secondary N) is 1. The molecule has 0 radical (unpaired) electrons. The molecule has 1 fully saturated rings. The number of phenolic OH excluding ortho intramolecular Hbond substituents is 2. The van der Waals surface area contributed by atoms with Gasteiger partial charge in [-0.1, -0.05) is 26.8 Å². The normalized spacial score (nSPS) is 16.2. The van der Waals surface area contributed by atoms with Crippen LogP contribution in [0.15, 0.2) is 42.5 Å². The lowest BCUT2D eigenvalue weighted by Crippen LogP contribution is -2.27. The molecule has 5 N–H and O–H groups in total. The van der Waals surface area contributed by atoms with Crippen LogP contribution in [0.25, 0.3) is 10.9 Å². The van der Waals surface area contributed by atoms with Crippen LogP contribution in [-0.2, 0) is 22.2 Å². The molecule has 7 nitrogen and oxygen atoms in total. The minimum absolute atomic E-state index is 0. The zero-order valence-electron chi connectivity index (χ0n) is 18.6. The van der Waals surface area contributed by atoms with Crippen molar-refractivity contribution in [1.29, 1.82) is 0 Å². The highest BCUT2D eigenvalue weighted by atomic mass is 16.3. The molecule has 1 aromatic heterocycles. The molecule has 1 saturated carbocycles. The van der Waals surface area contributed by atoms with E-state index in [2.05, 4.69) is 32.2 Å². The lowest BCUT2D eigenvalue weighted by atomic mass is 9.92. The van der Waals surface area contributed by atoms with Gasteiger partial charge in [0.25, 0.3) is 0 Å². The molecule has 1 atom stereocenters. The number of fused-ring (bicyclic) bond motifs is 1. The number of hydrogen-bond acceptors (Lipinski definition) is 5. The summed E-state index contributed by atoms with van der Waals surface area (Å²) >= 11 is 0. The lowest BCUT2D eigenvalue weighted by Gasteiger charge is -2.23. The first-order valence-corrected chi connectivity index (χ1v) is 10.8. The SMILES string of the molecule is CC(C)(C)c1cc2cc(NC(=O)C3(c4ccc(O)c(O)c4)CC3)ccc2n1C[C@@H](O)CO.[HH]. The van der Waals surface area contributed by atoms with Crippen LogP contribution in [0, 0.1) is 0 Å². The molecule has 0 spiro atoms. The van der Waals surface area contributed by atoms with Crippen LogP contribution in [0.5, 0.6) is 11.5 Å². The van der Waals surface area contributed by atoms with Gasteiger partial charge in [0.2, 0.25) is 5.91 Å². The predicted molar refractivity (Wildman–Crippen MR) is 125 cm³/mol. The van der Waals surface area contributed by atoms with E-state index in [4.69, 9.17) is 0 Å². The van der Waals surface area contributed by atoms with Gasteiger partial charge in [0, 0.05) is 29.1 Å². The molecular formula is C25H32N2O5. The number of aromatic hydroxyl groups is 2. The topological polar surface area (TPSA) is 115 Å². The number of benzene rings is 2. The Kier molecular flexibility index (Phi) is 5.43. The molecular weight excluding hydrogens is 408 g/mol. The summed E-state index contributed by atoms with van der Waals surface area (Å²) in [6.07, 6.45) is 0.492. The fourth-order valence-electron chi connectivity index (χ4n) is 4.28. The maximum Gasteiger partial charge on any atom is 0.235 e. The van der Waals surface area contributed by atoms with Crippen molar-refractivity contribution in [2.24, 2.45) is 0 Å². The first-order valence-electron chi connectivity index (χ1n) is 10.8. The smallest absolute Gasteiger partial charge is 0.235 e. The third-order valence-electron chi connectivity index (χ3n) is 6.24. The van der Waals surface area contributed by atoms with E-state index in [1.54, 1.807) is 6.07 Å². The second kappa shape index (κ2) is 7.83. The van der Waals surface area contributed by atoms with Crippen LogP contribution >= 0.6 is 0 Å². The fraction of sp³-hybridized carbons (Fsp3) is 0.400. The minimum atomic E-state index is -0.859. The maximum absolute atomic E-state index is 13.1. The summed E-state index contributed by atoms with van der Waals surface area (Å²) in [5.74, 6) is -0.585. The van der Waals surface area contributed by atoms with Crippen molar-refractivity contribution in [3.8, 4) is 11.5 Å². The highest BCUT2D eigenvalue weighted by molar-refractivity contribution is 6.02. The van der Waals surface area contributed by atoms with Gasteiger partial charge in [-0.25, -0.2) is 0 Å². The molecule has 0 bridgehead atoms. The number of carbonyl (C=O) groups is 1. The summed E-state index contributed by atoms with van der Waals surface area (Å²) < 4.78 is 2.02. The van der Waals surface area contributed by atoms with E-state index >= 15 is 0 Å². The fourth-order valence-corrected chi connectivity index (χ4v) is 4.28. The van der Waals surface area contributed by atoms with Crippen molar-refractivity contribution in [3.63, 3.8) is 0 Å². The van der Waals surface area contributed by atoms with E-state index in [-0.39, 0.29) is 37.4 Å². The van der Waals surface area contributed by atoms with Crippen molar-refractivity contribution in [2.45, 2.75) is 57.1 Å². The molecule has 2 aromatic carbocycles. The summed E-state index contributed by atoms with van der Waals surface area (Å²) in [6.45, 7) is 6.25. The Balaban J connectivity index is 0.00000306. The van der Waals surface area contributed by atoms with E-state index in [1.165, 1.54) is 12.1 Å². The zero-order valence-corrected chi connectivity index (χ0v) is 18.6. The molecule has 0 aliphatic heterocycles.